The molecule has 1 rings (SSSR count). The maximum absolute atomic E-state index is 11.1. The highest BCUT2D eigenvalue weighted by Gasteiger charge is 2.10. The standard InChI is InChI=1S/C8H14N4O3S2/c1-17(14,15)5-7-10-6(11-12-7)4-9-8(13)2-3-16/h16H,2-5H2,1H3,(H,9,13)(H,10,11,12). The third-order valence-corrected chi connectivity index (χ3v) is 2.77. The van der Waals surface area contributed by atoms with Gasteiger partial charge in [0.05, 0.1) is 6.54 Å². The van der Waals surface area contributed by atoms with Gasteiger partial charge in [0.2, 0.25) is 5.91 Å². The molecular formula is C8H14N4O3S2. The van der Waals surface area contributed by atoms with Crippen LogP contribution in [0.2, 0.25) is 0 Å². The zero-order chi connectivity index (χ0) is 12.9. The number of aromatic nitrogens is 3. The topological polar surface area (TPSA) is 105 Å². The van der Waals surface area contributed by atoms with Crippen LogP contribution < -0.4 is 5.32 Å². The number of hydrogen-bond acceptors (Lipinski definition) is 6. The number of hydrogen-bond donors (Lipinski definition) is 3. The van der Waals surface area contributed by atoms with Crippen molar-refractivity contribution < 1.29 is 13.2 Å². The van der Waals surface area contributed by atoms with Crippen LogP contribution in [0.25, 0.3) is 0 Å². The Bertz CT molecular complexity index is 483. The molecule has 1 amide bonds. The second kappa shape index (κ2) is 6.01. The summed E-state index contributed by atoms with van der Waals surface area (Å²) < 4.78 is 22.0. The van der Waals surface area contributed by atoms with Crippen LogP contribution in [0, 0.1) is 0 Å². The molecule has 2 N–H and O–H groups in total. The van der Waals surface area contributed by atoms with Crippen molar-refractivity contribution in [3.8, 4) is 0 Å². The number of nitrogens with zero attached hydrogens (tertiary/aromatic N) is 2. The Morgan fingerprint density at radius 2 is 2.24 bits per heavy atom. The molecule has 0 fully saturated rings. The van der Waals surface area contributed by atoms with Gasteiger partial charge in [-0.2, -0.15) is 17.7 Å². The first-order chi connectivity index (χ1) is 7.90. The van der Waals surface area contributed by atoms with Crippen LogP contribution in [0.4, 0.5) is 0 Å². The lowest BCUT2D eigenvalue weighted by Crippen LogP contribution is -2.23. The zero-order valence-corrected chi connectivity index (χ0v) is 11.0. The highest BCUT2D eigenvalue weighted by Crippen LogP contribution is 1.98. The quantitative estimate of drug-likeness (QED) is 0.596. The summed E-state index contributed by atoms with van der Waals surface area (Å²) in [4.78, 5) is 15.1. The summed E-state index contributed by atoms with van der Waals surface area (Å²) in [5.74, 6) is 0.749. The third kappa shape index (κ3) is 5.68. The molecule has 0 saturated heterocycles. The van der Waals surface area contributed by atoms with Crippen LogP contribution in [0.15, 0.2) is 0 Å². The fraction of sp³-hybridized carbons (Fsp3) is 0.625. The van der Waals surface area contributed by atoms with Crippen LogP contribution in [-0.4, -0.2) is 41.5 Å². The van der Waals surface area contributed by atoms with Crippen molar-refractivity contribution in [1.29, 1.82) is 0 Å². The summed E-state index contributed by atoms with van der Waals surface area (Å²) in [5.41, 5.74) is 0. The van der Waals surface area contributed by atoms with E-state index in [0.29, 0.717) is 18.0 Å². The summed E-state index contributed by atoms with van der Waals surface area (Å²) in [6.07, 6.45) is 1.44. The highest BCUT2D eigenvalue weighted by atomic mass is 32.2. The van der Waals surface area contributed by atoms with Crippen molar-refractivity contribution in [1.82, 2.24) is 20.5 Å². The van der Waals surface area contributed by atoms with Crippen molar-refractivity contribution in [3.05, 3.63) is 11.6 Å². The lowest BCUT2D eigenvalue weighted by Gasteiger charge is -1.99. The Morgan fingerprint density at radius 1 is 1.53 bits per heavy atom. The summed E-state index contributed by atoms with van der Waals surface area (Å²) in [5, 5.41) is 8.92. The smallest absolute Gasteiger partial charge is 0.221 e. The number of carbonyl (C=O) groups is 1. The molecule has 0 unspecified atom stereocenters. The average molecular weight is 278 g/mol. The maximum Gasteiger partial charge on any atom is 0.221 e. The second-order valence-electron chi connectivity index (χ2n) is 3.52. The molecule has 9 heteroatoms. The lowest BCUT2D eigenvalue weighted by atomic mass is 10.4. The molecule has 1 aromatic heterocycles. The van der Waals surface area contributed by atoms with E-state index in [1.54, 1.807) is 0 Å². The molecule has 96 valence electrons. The lowest BCUT2D eigenvalue weighted by molar-refractivity contribution is -0.120. The molecule has 0 bridgehead atoms. The molecule has 0 aliphatic heterocycles. The minimum atomic E-state index is -3.15. The van der Waals surface area contributed by atoms with Gasteiger partial charge >= 0.3 is 0 Å². The zero-order valence-electron chi connectivity index (χ0n) is 9.30. The highest BCUT2D eigenvalue weighted by molar-refractivity contribution is 7.89. The molecule has 0 aliphatic carbocycles. The number of carbonyl (C=O) groups excluding carboxylic acids is 1. The van der Waals surface area contributed by atoms with Crippen molar-refractivity contribution in [3.63, 3.8) is 0 Å². The van der Waals surface area contributed by atoms with Crippen LogP contribution in [0.3, 0.4) is 0 Å². The van der Waals surface area contributed by atoms with Crippen molar-refractivity contribution in [2.24, 2.45) is 0 Å². The number of nitrogens with one attached hydrogen (secondary N) is 2. The number of amides is 1. The molecular weight excluding hydrogens is 264 g/mol. The molecule has 1 aromatic rings. The molecule has 0 spiro atoms. The Labute approximate surface area is 105 Å². The van der Waals surface area contributed by atoms with E-state index >= 15 is 0 Å². The number of thiol groups is 1. The summed E-state index contributed by atoms with van der Waals surface area (Å²) >= 11 is 3.93. The Balaban J connectivity index is 2.49. The fourth-order valence-corrected chi connectivity index (χ4v) is 1.89. The number of sulfone groups is 1. The first kappa shape index (κ1) is 14.0. The molecule has 0 atom stereocenters. The summed E-state index contributed by atoms with van der Waals surface area (Å²) in [6, 6.07) is 0. The summed E-state index contributed by atoms with van der Waals surface area (Å²) in [6.45, 7) is 0.198. The number of rotatable bonds is 6. The van der Waals surface area contributed by atoms with Gasteiger partial charge in [-0.05, 0) is 5.75 Å². The SMILES string of the molecule is CS(=O)(=O)Cc1n[nH]c(CNC(=O)CCS)n1. The van der Waals surface area contributed by atoms with Gasteiger partial charge in [0, 0.05) is 12.7 Å². The van der Waals surface area contributed by atoms with Crippen molar-refractivity contribution in [2.75, 3.05) is 12.0 Å². The molecule has 7 nitrogen and oxygen atoms in total. The monoisotopic (exact) mass is 278 g/mol. The molecule has 17 heavy (non-hydrogen) atoms. The first-order valence-electron chi connectivity index (χ1n) is 4.86. The summed E-state index contributed by atoms with van der Waals surface area (Å²) in [7, 11) is -3.15. The van der Waals surface area contributed by atoms with E-state index in [1.807, 2.05) is 0 Å². The fourth-order valence-electron chi connectivity index (χ4n) is 1.09. The van der Waals surface area contributed by atoms with Gasteiger partial charge in [0.25, 0.3) is 0 Å². The van der Waals surface area contributed by atoms with Crippen LogP contribution in [0.1, 0.15) is 18.1 Å². The molecule has 0 saturated carbocycles. The van der Waals surface area contributed by atoms with Gasteiger partial charge in [0.1, 0.15) is 11.6 Å². The first-order valence-corrected chi connectivity index (χ1v) is 7.55. The van der Waals surface area contributed by atoms with E-state index in [1.165, 1.54) is 0 Å². The average Bonchev–Trinajstić information content (AvgIpc) is 2.60. The predicted octanol–water partition coefficient (Wildman–Crippen LogP) is -0.715. The van der Waals surface area contributed by atoms with Crippen LogP contribution >= 0.6 is 12.6 Å². The van der Waals surface area contributed by atoms with Crippen molar-refractivity contribution in [2.45, 2.75) is 18.7 Å². The Morgan fingerprint density at radius 3 is 2.82 bits per heavy atom. The second-order valence-corrected chi connectivity index (χ2v) is 6.11. The van der Waals surface area contributed by atoms with Crippen LogP contribution in [0.5, 0.6) is 0 Å². The van der Waals surface area contributed by atoms with Gasteiger partial charge in [-0.1, -0.05) is 0 Å². The maximum atomic E-state index is 11.1. The van der Waals surface area contributed by atoms with E-state index in [0.717, 1.165) is 6.26 Å². The van der Waals surface area contributed by atoms with Gasteiger partial charge in [-0.3, -0.25) is 9.89 Å². The molecule has 0 aliphatic rings. The van der Waals surface area contributed by atoms with Gasteiger partial charge in [-0.15, -0.1) is 0 Å². The normalized spacial score (nSPS) is 11.4. The van der Waals surface area contributed by atoms with E-state index in [4.69, 9.17) is 0 Å². The van der Waals surface area contributed by atoms with Crippen LogP contribution in [-0.2, 0) is 26.9 Å². The van der Waals surface area contributed by atoms with E-state index in [9.17, 15) is 13.2 Å². The van der Waals surface area contributed by atoms with E-state index in [-0.39, 0.29) is 24.0 Å². The van der Waals surface area contributed by atoms with E-state index in [2.05, 4.69) is 33.1 Å². The van der Waals surface area contributed by atoms with Gasteiger partial charge in [0.15, 0.2) is 15.7 Å². The Kier molecular flexibility index (Phi) is 4.94. The molecule has 0 radical (unpaired) electrons. The van der Waals surface area contributed by atoms with Gasteiger partial charge in [-0.25, -0.2) is 13.4 Å². The van der Waals surface area contributed by atoms with Crippen molar-refractivity contribution >= 4 is 28.4 Å². The number of aromatic amines is 1. The van der Waals surface area contributed by atoms with E-state index < -0.39 is 9.84 Å². The predicted molar refractivity (Wildman–Crippen MR) is 65.2 cm³/mol. The number of H-pyrrole nitrogens is 1. The Hall–Kier alpha value is -1.09. The van der Waals surface area contributed by atoms with Gasteiger partial charge < -0.3 is 5.32 Å². The minimum Gasteiger partial charge on any atom is -0.349 e. The molecule has 0 aromatic carbocycles. The molecule has 1 heterocycles. The largest absolute Gasteiger partial charge is 0.349 e. The minimum absolute atomic E-state index is 0.138. The third-order valence-electron chi connectivity index (χ3n) is 1.76.